The van der Waals surface area contributed by atoms with Crippen molar-refractivity contribution in [2.45, 2.75) is 12.3 Å². The molecule has 1 N–H and O–H groups in total. The quantitative estimate of drug-likeness (QED) is 0.282. The Kier molecular flexibility index (Phi) is 4.86. The van der Waals surface area contributed by atoms with E-state index in [1.54, 1.807) is 13.0 Å². The van der Waals surface area contributed by atoms with Gasteiger partial charge in [-0.3, -0.25) is 0 Å². The summed E-state index contributed by atoms with van der Waals surface area (Å²) in [5, 5.41) is 9.88. The van der Waals surface area contributed by atoms with Crippen LogP contribution in [0.3, 0.4) is 0 Å². The van der Waals surface area contributed by atoms with Crippen LogP contribution in [0, 0.1) is 17.5 Å². The normalized spacial score (nSPS) is 14.6. The lowest BCUT2D eigenvalue weighted by Crippen LogP contribution is -2.29. The van der Waals surface area contributed by atoms with Crippen molar-refractivity contribution in [3.63, 3.8) is 0 Å². The van der Waals surface area contributed by atoms with E-state index in [0.717, 1.165) is 34.4 Å². The third-order valence-corrected chi connectivity index (χ3v) is 5.60. The van der Waals surface area contributed by atoms with E-state index in [4.69, 9.17) is 0 Å². The summed E-state index contributed by atoms with van der Waals surface area (Å²) in [6.45, 7) is 5.89. The van der Waals surface area contributed by atoms with Gasteiger partial charge in [0, 0.05) is 0 Å². The Balaban J connectivity index is 2.11. The average Bonchev–Trinajstić information content (AvgIpc) is 3.06. The largest absolute Gasteiger partial charge is 0.508 e. The summed E-state index contributed by atoms with van der Waals surface area (Å²) in [7, 11) is 0. The smallest absolute Gasteiger partial charge is 0.194 e. The molecule has 0 aliphatic heterocycles. The second-order valence-electron chi connectivity index (χ2n) is 7.17. The van der Waals surface area contributed by atoms with Gasteiger partial charge < -0.3 is 5.11 Å². The van der Waals surface area contributed by atoms with Crippen LogP contribution >= 0.6 is 0 Å². The topological polar surface area (TPSA) is 20.2 Å². The molecule has 3 aromatic rings. The fourth-order valence-corrected chi connectivity index (χ4v) is 4.26. The van der Waals surface area contributed by atoms with Gasteiger partial charge in [0.25, 0.3) is 0 Å². The standard InChI is InChI=1S/C26H19F3O/c1-3-18(30)13-12-16(2)26(17-14-23(27)25(29)24(28)15-17)21-10-6-4-8-19(21)20-9-5-7-11-22(20)26/h3-15,30H,2H2,1H3/b13-12-,18-3+. The maximum atomic E-state index is 14.3. The Bertz CT molecular complexity index is 1150. The molecule has 0 heterocycles. The number of benzene rings is 3. The highest BCUT2D eigenvalue weighted by Gasteiger charge is 2.46. The molecule has 0 amide bonds. The Morgan fingerprint density at radius 3 is 1.87 bits per heavy atom. The molecule has 0 radical (unpaired) electrons. The van der Waals surface area contributed by atoms with E-state index in [2.05, 4.69) is 6.58 Å². The zero-order valence-corrected chi connectivity index (χ0v) is 16.3. The highest BCUT2D eigenvalue weighted by molar-refractivity contribution is 5.86. The van der Waals surface area contributed by atoms with Crippen LogP contribution in [-0.4, -0.2) is 5.11 Å². The molecule has 1 aliphatic rings. The Morgan fingerprint density at radius 2 is 1.37 bits per heavy atom. The number of rotatable bonds is 4. The Labute approximate surface area is 173 Å². The molecule has 0 fully saturated rings. The first-order valence-electron chi connectivity index (χ1n) is 9.48. The van der Waals surface area contributed by atoms with Crippen molar-refractivity contribution >= 4 is 0 Å². The minimum absolute atomic E-state index is 0.0299. The minimum atomic E-state index is -1.51. The summed E-state index contributed by atoms with van der Waals surface area (Å²) in [6, 6.07) is 17.1. The zero-order chi connectivity index (χ0) is 21.5. The first kappa shape index (κ1) is 19.8. The molecule has 0 aromatic heterocycles. The van der Waals surface area contributed by atoms with Crippen LogP contribution in [0.4, 0.5) is 13.2 Å². The first-order valence-corrected chi connectivity index (χ1v) is 9.48. The fraction of sp³-hybridized carbons (Fsp3) is 0.0769. The molecule has 4 rings (SSSR count). The van der Waals surface area contributed by atoms with E-state index in [0.29, 0.717) is 5.57 Å². The summed E-state index contributed by atoms with van der Waals surface area (Å²) >= 11 is 0. The van der Waals surface area contributed by atoms with E-state index >= 15 is 0 Å². The van der Waals surface area contributed by atoms with Gasteiger partial charge in [-0.1, -0.05) is 61.2 Å². The van der Waals surface area contributed by atoms with Crippen LogP contribution in [0.25, 0.3) is 11.1 Å². The van der Waals surface area contributed by atoms with E-state index < -0.39 is 22.9 Å². The van der Waals surface area contributed by atoms with Gasteiger partial charge in [-0.05, 0) is 64.6 Å². The van der Waals surface area contributed by atoms with Crippen molar-refractivity contribution in [1.29, 1.82) is 0 Å². The van der Waals surface area contributed by atoms with E-state index in [-0.39, 0.29) is 11.3 Å². The maximum absolute atomic E-state index is 14.3. The summed E-state index contributed by atoms with van der Waals surface area (Å²) < 4.78 is 42.5. The first-order chi connectivity index (χ1) is 14.4. The number of halogens is 3. The molecule has 4 heteroatoms. The zero-order valence-electron chi connectivity index (χ0n) is 16.3. The van der Waals surface area contributed by atoms with Gasteiger partial charge in [-0.25, -0.2) is 13.2 Å². The molecular formula is C26H19F3O. The molecule has 3 aromatic carbocycles. The van der Waals surface area contributed by atoms with Crippen LogP contribution in [0.5, 0.6) is 0 Å². The number of hydrogen-bond donors (Lipinski definition) is 1. The lowest BCUT2D eigenvalue weighted by atomic mass is 9.67. The molecule has 150 valence electrons. The van der Waals surface area contributed by atoms with E-state index in [1.807, 2.05) is 48.5 Å². The van der Waals surface area contributed by atoms with Crippen molar-refractivity contribution in [3.8, 4) is 11.1 Å². The summed E-state index contributed by atoms with van der Waals surface area (Å²) in [6.07, 6.45) is 4.61. The van der Waals surface area contributed by atoms with Gasteiger partial charge in [0.1, 0.15) is 5.76 Å². The van der Waals surface area contributed by atoms with E-state index in [9.17, 15) is 18.3 Å². The van der Waals surface area contributed by atoms with Crippen LogP contribution in [0.15, 0.2) is 96.8 Å². The third kappa shape index (κ3) is 2.79. The minimum Gasteiger partial charge on any atom is -0.508 e. The summed E-state index contributed by atoms with van der Waals surface area (Å²) in [5.41, 5.74) is 2.95. The highest BCUT2D eigenvalue weighted by atomic mass is 19.2. The molecule has 0 spiro atoms. The molecular weight excluding hydrogens is 385 g/mol. The second kappa shape index (κ2) is 7.38. The molecule has 0 saturated heterocycles. The third-order valence-electron chi connectivity index (χ3n) is 5.60. The van der Waals surface area contributed by atoms with Crippen LogP contribution in [0.2, 0.25) is 0 Å². The van der Waals surface area contributed by atoms with Crippen molar-refractivity contribution < 1.29 is 18.3 Å². The lowest BCUT2D eigenvalue weighted by Gasteiger charge is -2.34. The van der Waals surface area contributed by atoms with Gasteiger partial charge >= 0.3 is 0 Å². The number of hydrogen-bond acceptors (Lipinski definition) is 1. The summed E-state index contributed by atoms with van der Waals surface area (Å²) in [4.78, 5) is 0. The van der Waals surface area contributed by atoms with Gasteiger partial charge in [0.05, 0.1) is 5.41 Å². The Hall–Kier alpha value is -3.53. The lowest BCUT2D eigenvalue weighted by molar-refractivity contribution is 0.431. The molecule has 0 atom stereocenters. The Morgan fingerprint density at radius 1 is 0.867 bits per heavy atom. The number of aliphatic hydroxyl groups is 1. The van der Waals surface area contributed by atoms with Crippen LogP contribution < -0.4 is 0 Å². The molecule has 0 bridgehead atoms. The number of fused-ring (bicyclic) bond motifs is 3. The predicted octanol–water partition coefficient (Wildman–Crippen LogP) is 6.99. The molecule has 1 aliphatic carbocycles. The predicted molar refractivity (Wildman–Crippen MR) is 113 cm³/mol. The monoisotopic (exact) mass is 404 g/mol. The van der Waals surface area contributed by atoms with Crippen molar-refractivity contribution in [1.82, 2.24) is 0 Å². The maximum Gasteiger partial charge on any atom is 0.194 e. The molecule has 30 heavy (non-hydrogen) atoms. The summed E-state index contributed by atoms with van der Waals surface area (Å²) in [5.74, 6) is -4.01. The number of allylic oxidation sites excluding steroid dienone is 4. The van der Waals surface area contributed by atoms with Gasteiger partial charge in [-0.15, -0.1) is 0 Å². The van der Waals surface area contributed by atoms with Gasteiger partial charge in [-0.2, -0.15) is 0 Å². The van der Waals surface area contributed by atoms with Crippen molar-refractivity contribution in [2.24, 2.45) is 0 Å². The van der Waals surface area contributed by atoms with Crippen molar-refractivity contribution in [3.05, 3.63) is 131 Å². The van der Waals surface area contributed by atoms with E-state index in [1.165, 1.54) is 12.2 Å². The average molecular weight is 404 g/mol. The van der Waals surface area contributed by atoms with Crippen LogP contribution in [-0.2, 0) is 5.41 Å². The number of aliphatic hydroxyl groups excluding tert-OH is 1. The highest BCUT2D eigenvalue weighted by Crippen LogP contribution is 2.56. The van der Waals surface area contributed by atoms with Crippen LogP contribution in [0.1, 0.15) is 23.6 Å². The fourth-order valence-electron chi connectivity index (χ4n) is 4.26. The van der Waals surface area contributed by atoms with Gasteiger partial charge in [0.2, 0.25) is 0 Å². The second-order valence-corrected chi connectivity index (χ2v) is 7.17. The molecule has 1 nitrogen and oxygen atoms in total. The molecule has 0 saturated carbocycles. The SMILES string of the molecule is C=C(/C=C\C(O)=C/C)C1(c2cc(F)c(F)c(F)c2)c2ccccc2-c2ccccc21. The van der Waals surface area contributed by atoms with Gasteiger partial charge in [0.15, 0.2) is 17.5 Å². The van der Waals surface area contributed by atoms with Crippen molar-refractivity contribution in [2.75, 3.05) is 0 Å². The molecule has 0 unspecified atom stereocenters.